The number of hydrogen-bond donors (Lipinski definition) is 1. The second-order valence-corrected chi connectivity index (χ2v) is 11.1. The SMILES string of the molecule is COc1cc2nc(N3CCC(Cc4ccccc4)(C(=O)N4CCCC4c4ccccc4)CC3)nc(N)c2cc1OC. The zero-order valence-corrected chi connectivity index (χ0v) is 23.8. The lowest BCUT2D eigenvalue weighted by Gasteiger charge is -2.44. The fraction of sp³-hybridized carbons (Fsp3) is 0.364. The van der Waals surface area contributed by atoms with Crippen LogP contribution in [-0.2, 0) is 11.2 Å². The van der Waals surface area contributed by atoms with Gasteiger partial charge in [0.2, 0.25) is 11.9 Å². The van der Waals surface area contributed by atoms with Crippen molar-refractivity contribution in [3.63, 3.8) is 0 Å². The van der Waals surface area contributed by atoms with Crippen molar-refractivity contribution in [3.8, 4) is 11.5 Å². The van der Waals surface area contributed by atoms with Gasteiger partial charge < -0.3 is 25.0 Å². The molecule has 0 aliphatic carbocycles. The molecule has 6 rings (SSSR count). The third-order valence-electron chi connectivity index (χ3n) is 8.76. The summed E-state index contributed by atoms with van der Waals surface area (Å²) in [6.45, 7) is 2.13. The number of carbonyl (C=O) groups is 1. The quantitative estimate of drug-likeness (QED) is 0.328. The molecular weight excluding hydrogens is 514 g/mol. The highest BCUT2D eigenvalue weighted by atomic mass is 16.5. The smallest absolute Gasteiger partial charge is 0.229 e. The van der Waals surface area contributed by atoms with Crippen molar-refractivity contribution in [1.29, 1.82) is 0 Å². The number of nitrogens with two attached hydrogens (primary N) is 1. The summed E-state index contributed by atoms with van der Waals surface area (Å²) in [5, 5.41) is 0.720. The van der Waals surface area contributed by atoms with Gasteiger partial charge in [0, 0.05) is 31.1 Å². The highest BCUT2D eigenvalue weighted by molar-refractivity contribution is 5.92. The molecule has 4 aromatic rings. The fourth-order valence-electron chi connectivity index (χ4n) is 6.53. The maximum atomic E-state index is 14.5. The van der Waals surface area contributed by atoms with Crippen LogP contribution in [0, 0.1) is 5.41 Å². The molecule has 2 aliphatic heterocycles. The normalized spacial score (nSPS) is 18.4. The van der Waals surface area contributed by atoms with Crippen molar-refractivity contribution in [2.45, 2.75) is 38.1 Å². The van der Waals surface area contributed by atoms with Crippen molar-refractivity contribution in [1.82, 2.24) is 14.9 Å². The Kier molecular flexibility index (Phi) is 7.39. The molecule has 0 radical (unpaired) electrons. The van der Waals surface area contributed by atoms with Gasteiger partial charge in [0.15, 0.2) is 11.5 Å². The molecule has 1 amide bonds. The van der Waals surface area contributed by atoms with Crippen LogP contribution in [0.2, 0.25) is 0 Å². The highest BCUT2D eigenvalue weighted by Crippen LogP contribution is 2.43. The van der Waals surface area contributed by atoms with Crippen LogP contribution in [-0.4, -0.2) is 54.6 Å². The molecular formula is C33H37N5O3. The van der Waals surface area contributed by atoms with Crippen molar-refractivity contribution in [3.05, 3.63) is 83.9 Å². The lowest BCUT2D eigenvalue weighted by Crippen LogP contribution is -2.51. The summed E-state index contributed by atoms with van der Waals surface area (Å²) in [6, 6.07) is 24.6. The Hall–Kier alpha value is -4.33. The predicted molar refractivity (Wildman–Crippen MR) is 161 cm³/mol. The number of amides is 1. The Balaban J connectivity index is 1.29. The van der Waals surface area contributed by atoms with Crippen molar-refractivity contribution >= 4 is 28.6 Å². The number of ether oxygens (including phenoxy) is 2. The number of piperidine rings is 1. The summed E-state index contributed by atoms with van der Waals surface area (Å²) in [5.74, 6) is 2.41. The van der Waals surface area contributed by atoms with Gasteiger partial charge in [-0.2, -0.15) is 4.98 Å². The molecule has 41 heavy (non-hydrogen) atoms. The maximum absolute atomic E-state index is 14.5. The molecule has 2 N–H and O–H groups in total. The van der Waals surface area contributed by atoms with E-state index in [-0.39, 0.29) is 11.9 Å². The first-order valence-corrected chi connectivity index (χ1v) is 14.4. The van der Waals surface area contributed by atoms with Crippen LogP contribution in [0.3, 0.4) is 0 Å². The molecule has 0 bridgehead atoms. The Morgan fingerprint density at radius 2 is 1.59 bits per heavy atom. The number of methoxy groups -OCH3 is 2. The van der Waals surface area contributed by atoms with Crippen molar-refractivity contribution in [2.24, 2.45) is 5.41 Å². The summed E-state index contributed by atoms with van der Waals surface area (Å²) in [5.41, 5.74) is 9.02. The minimum atomic E-state index is -0.492. The Morgan fingerprint density at radius 1 is 0.927 bits per heavy atom. The number of rotatable bonds is 7. The van der Waals surface area contributed by atoms with E-state index in [9.17, 15) is 4.79 Å². The maximum Gasteiger partial charge on any atom is 0.229 e. The van der Waals surface area contributed by atoms with E-state index in [0.29, 0.717) is 54.7 Å². The number of anilines is 2. The number of nitrogen functional groups attached to an aromatic ring is 1. The monoisotopic (exact) mass is 551 g/mol. The van der Waals surface area contributed by atoms with Crippen LogP contribution in [0.4, 0.5) is 11.8 Å². The van der Waals surface area contributed by atoms with E-state index in [1.807, 2.05) is 24.3 Å². The third kappa shape index (κ3) is 5.14. The number of benzene rings is 3. The predicted octanol–water partition coefficient (Wildman–Crippen LogP) is 5.42. The van der Waals surface area contributed by atoms with E-state index < -0.39 is 5.41 Å². The Morgan fingerprint density at radius 3 is 2.27 bits per heavy atom. The molecule has 3 aromatic carbocycles. The van der Waals surface area contributed by atoms with Gasteiger partial charge in [-0.1, -0.05) is 60.7 Å². The first-order chi connectivity index (χ1) is 20.0. The third-order valence-corrected chi connectivity index (χ3v) is 8.76. The van der Waals surface area contributed by atoms with Gasteiger partial charge in [-0.3, -0.25) is 4.79 Å². The van der Waals surface area contributed by atoms with Gasteiger partial charge in [-0.25, -0.2) is 4.98 Å². The molecule has 0 saturated carbocycles. The first kappa shape index (κ1) is 26.9. The average Bonchev–Trinajstić information content (AvgIpc) is 3.51. The summed E-state index contributed by atoms with van der Waals surface area (Å²) in [6.07, 6.45) is 4.17. The van der Waals surface area contributed by atoms with Gasteiger partial charge >= 0.3 is 0 Å². The number of fused-ring (bicyclic) bond motifs is 1. The Bertz CT molecular complexity index is 1520. The molecule has 3 heterocycles. The zero-order valence-electron chi connectivity index (χ0n) is 23.8. The number of likely N-dealkylation sites (tertiary alicyclic amines) is 1. The van der Waals surface area contributed by atoms with Crippen molar-refractivity contribution < 1.29 is 14.3 Å². The molecule has 212 valence electrons. The molecule has 8 nitrogen and oxygen atoms in total. The van der Waals surface area contributed by atoms with E-state index in [1.165, 1.54) is 11.1 Å². The molecule has 0 spiro atoms. The largest absolute Gasteiger partial charge is 0.493 e. The molecule has 2 saturated heterocycles. The van der Waals surface area contributed by atoms with Crippen LogP contribution in [0.5, 0.6) is 11.5 Å². The number of carbonyl (C=O) groups excluding carboxylic acids is 1. The minimum absolute atomic E-state index is 0.130. The topological polar surface area (TPSA) is 93.8 Å². The Labute approximate surface area is 241 Å². The van der Waals surface area contributed by atoms with Gasteiger partial charge in [0.25, 0.3) is 0 Å². The molecule has 2 fully saturated rings. The van der Waals surface area contributed by atoms with E-state index in [4.69, 9.17) is 20.2 Å². The molecule has 8 heteroatoms. The number of hydrogen-bond acceptors (Lipinski definition) is 7. The standard InChI is InChI=1S/C33H37N5O3/c1-40-28-20-25-26(21-29(28)41-2)35-32(36-30(25)34)37-18-15-33(16-19-37,22-23-10-5-3-6-11-23)31(39)38-17-9-14-27(38)24-12-7-4-8-13-24/h3-8,10-13,20-21,27H,9,14-19,22H2,1-2H3,(H2,34,35,36). The second kappa shape index (κ2) is 11.3. The minimum Gasteiger partial charge on any atom is -0.493 e. The average molecular weight is 552 g/mol. The van der Waals surface area contributed by atoms with Gasteiger partial charge in [0.05, 0.1) is 31.2 Å². The van der Waals surface area contributed by atoms with E-state index >= 15 is 0 Å². The second-order valence-electron chi connectivity index (χ2n) is 11.1. The van der Waals surface area contributed by atoms with Crippen LogP contribution in [0.25, 0.3) is 10.9 Å². The summed E-state index contributed by atoms with van der Waals surface area (Å²) in [7, 11) is 3.20. The molecule has 1 aromatic heterocycles. The van der Waals surface area contributed by atoms with Crippen LogP contribution in [0.1, 0.15) is 42.9 Å². The van der Waals surface area contributed by atoms with Crippen LogP contribution >= 0.6 is 0 Å². The zero-order chi connectivity index (χ0) is 28.4. The van der Waals surface area contributed by atoms with Crippen LogP contribution < -0.4 is 20.1 Å². The number of nitrogens with zero attached hydrogens (tertiary/aromatic N) is 4. The fourth-order valence-corrected chi connectivity index (χ4v) is 6.53. The summed E-state index contributed by atoms with van der Waals surface area (Å²) in [4.78, 5) is 28.4. The lowest BCUT2D eigenvalue weighted by molar-refractivity contribution is -0.144. The van der Waals surface area contributed by atoms with E-state index in [0.717, 1.165) is 31.2 Å². The van der Waals surface area contributed by atoms with Gasteiger partial charge in [-0.15, -0.1) is 0 Å². The highest BCUT2D eigenvalue weighted by Gasteiger charge is 2.46. The number of aromatic nitrogens is 2. The van der Waals surface area contributed by atoms with E-state index in [1.54, 1.807) is 14.2 Å². The van der Waals surface area contributed by atoms with Gasteiger partial charge in [0.1, 0.15) is 5.82 Å². The van der Waals surface area contributed by atoms with Crippen molar-refractivity contribution in [2.75, 3.05) is 44.5 Å². The van der Waals surface area contributed by atoms with E-state index in [2.05, 4.69) is 63.3 Å². The van der Waals surface area contributed by atoms with Gasteiger partial charge in [-0.05, 0) is 49.3 Å². The molecule has 2 aliphatic rings. The summed E-state index contributed by atoms with van der Waals surface area (Å²) < 4.78 is 10.9. The van der Waals surface area contributed by atoms with Crippen LogP contribution in [0.15, 0.2) is 72.8 Å². The summed E-state index contributed by atoms with van der Waals surface area (Å²) >= 11 is 0. The first-order valence-electron chi connectivity index (χ1n) is 14.4. The molecule has 1 atom stereocenters. The lowest BCUT2D eigenvalue weighted by atomic mass is 9.72. The molecule has 1 unspecified atom stereocenters.